The number of likely N-dealkylation sites (tertiary alicyclic amines) is 1. The van der Waals surface area contributed by atoms with Crippen molar-refractivity contribution in [2.75, 3.05) is 31.2 Å². The van der Waals surface area contributed by atoms with Crippen LogP contribution in [0.25, 0.3) is 0 Å². The molecule has 0 aromatic heterocycles. The number of hydrogen-bond donors (Lipinski definition) is 0. The molecule has 3 heterocycles. The number of hydrogen-bond acceptors (Lipinski definition) is 6. The Morgan fingerprint density at radius 2 is 1.50 bits per heavy atom. The maximum atomic E-state index is 13.1. The van der Waals surface area contributed by atoms with Crippen LogP contribution in [0.5, 0.6) is 11.5 Å². The van der Waals surface area contributed by atoms with Crippen molar-refractivity contribution < 1.29 is 23.8 Å². The van der Waals surface area contributed by atoms with Crippen molar-refractivity contribution in [1.29, 1.82) is 0 Å². The fraction of sp³-hybridized carbons (Fsp3) is 0.391. The summed E-state index contributed by atoms with van der Waals surface area (Å²) in [5.74, 6) is 0.558. The predicted octanol–water partition coefficient (Wildman–Crippen LogP) is 2.95. The highest BCUT2D eigenvalue weighted by Crippen LogP contribution is 2.35. The van der Waals surface area contributed by atoms with E-state index in [1.54, 1.807) is 24.3 Å². The molecule has 3 aliphatic heterocycles. The van der Waals surface area contributed by atoms with Gasteiger partial charge in [0.25, 0.3) is 5.91 Å². The summed E-state index contributed by atoms with van der Waals surface area (Å²) in [4.78, 5) is 29.1. The molecule has 156 valence electrons. The van der Waals surface area contributed by atoms with Gasteiger partial charge in [-0.05, 0) is 36.4 Å². The number of benzene rings is 2. The molecule has 0 radical (unpaired) electrons. The highest BCUT2D eigenvalue weighted by atomic mass is 16.7. The van der Waals surface area contributed by atoms with Gasteiger partial charge in [-0.25, -0.2) is 4.90 Å². The Labute approximate surface area is 175 Å². The Hall–Kier alpha value is -2.74. The Bertz CT molecular complexity index is 914. The maximum Gasteiger partial charge on any atom is 0.251 e. The zero-order chi connectivity index (χ0) is 20.6. The van der Waals surface area contributed by atoms with Crippen LogP contribution >= 0.6 is 0 Å². The van der Waals surface area contributed by atoms with E-state index in [1.165, 1.54) is 4.90 Å². The average molecular weight is 408 g/mol. The standard InChI is InChI=1S/C23H24N2O5/c26-21-16-20(24-12-10-23(11-13-24)28-14-15-29-23)22(27)25(21)17-6-8-19(9-7-17)30-18-4-2-1-3-5-18/h1-9,20H,10-16H2/t20-/m1/s1. The van der Waals surface area contributed by atoms with Gasteiger partial charge in [-0.3, -0.25) is 14.5 Å². The molecule has 0 unspecified atom stereocenters. The second kappa shape index (κ2) is 7.83. The van der Waals surface area contributed by atoms with Crippen molar-refractivity contribution in [1.82, 2.24) is 4.90 Å². The lowest BCUT2D eigenvalue weighted by Gasteiger charge is -2.39. The fourth-order valence-electron chi connectivity index (χ4n) is 4.42. The van der Waals surface area contributed by atoms with Gasteiger partial charge in [0.05, 0.1) is 31.4 Å². The number of anilines is 1. The molecule has 3 aliphatic rings. The zero-order valence-corrected chi connectivity index (χ0v) is 16.7. The third-order valence-electron chi connectivity index (χ3n) is 6.01. The first-order valence-corrected chi connectivity index (χ1v) is 10.4. The first-order valence-electron chi connectivity index (χ1n) is 10.4. The van der Waals surface area contributed by atoms with Gasteiger partial charge in [-0.2, -0.15) is 0 Å². The SMILES string of the molecule is O=C1C[C@@H](N2CCC3(CC2)OCCO3)C(=O)N1c1ccc(Oc2ccccc2)cc1. The second-order valence-corrected chi connectivity index (χ2v) is 7.84. The van der Waals surface area contributed by atoms with Crippen molar-refractivity contribution in [2.24, 2.45) is 0 Å². The van der Waals surface area contributed by atoms with Crippen LogP contribution in [-0.4, -0.2) is 54.8 Å². The van der Waals surface area contributed by atoms with E-state index in [0.717, 1.165) is 18.6 Å². The minimum absolute atomic E-state index is 0.166. The largest absolute Gasteiger partial charge is 0.457 e. The molecule has 30 heavy (non-hydrogen) atoms. The van der Waals surface area contributed by atoms with Crippen LogP contribution in [0, 0.1) is 0 Å². The van der Waals surface area contributed by atoms with Crippen molar-refractivity contribution >= 4 is 17.5 Å². The lowest BCUT2D eigenvalue weighted by atomic mass is 10.0. The lowest BCUT2D eigenvalue weighted by molar-refractivity contribution is -0.188. The number of nitrogens with zero attached hydrogens (tertiary/aromatic N) is 2. The van der Waals surface area contributed by atoms with E-state index in [4.69, 9.17) is 14.2 Å². The monoisotopic (exact) mass is 408 g/mol. The number of amides is 2. The quantitative estimate of drug-likeness (QED) is 0.725. The summed E-state index contributed by atoms with van der Waals surface area (Å²) in [6.07, 6.45) is 1.64. The summed E-state index contributed by atoms with van der Waals surface area (Å²) in [6, 6.07) is 16.1. The second-order valence-electron chi connectivity index (χ2n) is 7.84. The molecule has 0 saturated carbocycles. The molecule has 2 aromatic carbocycles. The van der Waals surface area contributed by atoms with Gasteiger partial charge in [0.1, 0.15) is 11.5 Å². The zero-order valence-electron chi connectivity index (χ0n) is 16.7. The molecule has 0 N–H and O–H groups in total. The van der Waals surface area contributed by atoms with E-state index < -0.39 is 11.8 Å². The molecule has 0 aliphatic carbocycles. The van der Waals surface area contributed by atoms with Gasteiger partial charge < -0.3 is 14.2 Å². The molecule has 5 rings (SSSR count). The summed E-state index contributed by atoms with van der Waals surface area (Å²) in [6.45, 7) is 2.61. The Kier molecular flexibility index (Phi) is 5.02. The van der Waals surface area contributed by atoms with Crippen LogP contribution < -0.4 is 9.64 Å². The van der Waals surface area contributed by atoms with Crippen LogP contribution in [0.3, 0.4) is 0 Å². The molecule has 2 aromatic rings. The van der Waals surface area contributed by atoms with Crippen molar-refractivity contribution in [3.05, 3.63) is 54.6 Å². The van der Waals surface area contributed by atoms with Crippen LogP contribution in [-0.2, 0) is 19.1 Å². The van der Waals surface area contributed by atoms with Crippen molar-refractivity contribution in [3.63, 3.8) is 0 Å². The molecular weight excluding hydrogens is 384 g/mol. The highest BCUT2D eigenvalue weighted by Gasteiger charge is 2.47. The third-order valence-corrected chi connectivity index (χ3v) is 6.01. The number of piperidine rings is 1. The highest BCUT2D eigenvalue weighted by molar-refractivity contribution is 6.22. The van der Waals surface area contributed by atoms with E-state index >= 15 is 0 Å². The molecule has 3 saturated heterocycles. The maximum absolute atomic E-state index is 13.1. The van der Waals surface area contributed by atoms with E-state index in [2.05, 4.69) is 4.90 Å². The van der Waals surface area contributed by atoms with Crippen LogP contribution in [0.4, 0.5) is 5.69 Å². The van der Waals surface area contributed by atoms with Crippen molar-refractivity contribution in [3.8, 4) is 11.5 Å². The molecule has 2 amide bonds. The van der Waals surface area contributed by atoms with Crippen LogP contribution in [0.15, 0.2) is 54.6 Å². The summed E-state index contributed by atoms with van der Waals surface area (Å²) in [7, 11) is 0. The summed E-state index contributed by atoms with van der Waals surface area (Å²) in [5.41, 5.74) is 0.573. The smallest absolute Gasteiger partial charge is 0.251 e. The molecule has 3 fully saturated rings. The molecule has 1 atom stereocenters. The van der Waals surface area contributed by atoms with Crippen LogP contribution in [0.1, 0.15) is 19.3 Å². The van der Waals surface area contributed by atoms with Gasteiger partial charge in [0.2, 0.25) is 5.91 Å². The first-order chi connectivity index (χ1) is 14.6. The Balaban J connectivity index is 1.25. The third kappa shape index (κ3) is 3.60. The number of imide groups is 1. The number of para-hydroxylation sites is 1. The molecular formula is C23H24N2O5. The lowest BCUT2D eigenvalue weighted by Crippen LogP contribution is -2.51. The number of carbonyl (C=O) groups excluding carboxylic acids is 2. The first kappa shape index (κ1) is 19.2. The normalized spacial score (nSPS) is 24.0. The Morgan fingerprint density at radius 1 is 0.867 bits per heavy atom. The van der Waals surface area contributed by atoms with Gasteiger partial charge in [-0.1, -0.05) is 18.2 Å². The predicted molar refractivity (Wildman–Crippen MR) is 109 cm³/mol. The number of ether oxygens (including phenoxy) is 3. The van der Waals surface area contributed by atoms with E-state index in [0.29, 0.717) is 37.7 Å². The molecule has 7 nitrogen and oxygen atoms in total. The average Bonchev–Trinajstić information content (AvgIpc) is 3.34. The summed E-state index contributed by atoms with van der Waals surface area (Å²) >= 11 is 0. The van der Waals surface area contributed by atoms with Gasteiger partial charge in [0, 0.05) is 25.9 Å². The molecule has 1 spiro atoms. The van der Waals surface area contributed by atoms with E-state index in [1.807, 2.05) is 30.3 Å². The van der Waals surface area contributed by atoms with E-state index in [-0.39, 0.29) is 18.2 Å². The van der Waals surface area contributed by atoms with Gasteiger partial charge >= 0.3 is 0 Å². The summed E-state index contributed by atoms with van der Waals surface area (Å²) in [5, 5.41) is 0. The fourth-order valence-corrected chi connectivity index (χ4v) is 4.42. The molecule has 7 heteroatoms. The van der Waals surface area contributed by atoms with Crippen molar-refractivity contribution in [2.45, 2.75) is 31.1 Å². The van der Waals surface area contributed by atoms with E-state index in [9.17, 15) is 9.59 Å². The van der Waals surface area contributed by atoms with Gasteiger partial charge in [0.15, 0.2) is 5.79 Å². The number of carbonyl (C=O) groups is 2. The Morgan fingerprint density at radius 3 is 2.17 bits per heavy atom. The number of rotatable bonds is 4. The van der Waals surface area contributed by atoms with Crippen LogP contribution in [0.2, 0.25) is 0 Å². The minimum Gasteiger partial charge on any atom is -0.457 e. The molecule has 0 bridgehead atoms. The summed E-state index contributed by atoms with van der Waals surface area (Å²) < 4.78 is 17.3. The minimum atomic E-state index is -0.490. The van der Waals surface area contributed by atoms with Gasteiger partial charge in [-0.15, -0.1) is 0 Å². The topological polar surface area (TPSA) is 68.3 Å².